The molecular formula is C18H24N4O3S. The maximum absolute atomic E-state index is 12.4. The summed E-state index contributed by atoms with van der Waals surface area (Å²) < 4.78 is 5.18. The molecule has 0 aliphatic carbocycles. The molecule has 26 heavy (non-hydrogen) atoms. The van der Waals surface area contributed by atoms with Crippen molar-refractivity contribution in [1.29, 1.82) is 0 Å². The predicted molar refractivity (Wildman–Crippen MR) is 102 cm³/mol. The van der Waals surface area contributed by atoms with Crippen LogP contribution in [0.4, 0.5) is 5.82 Å². The zero-order valence-electron chi connectivity index (χ0n) is 15.6. The summed E-state index contributed by atoms with van der Waals surface area (Å²) in [6.07, 6.45) is 1.66. The molecule has 0 spiro atoms. The number of aromatic nitrogens is 2. The highest BCUT2D eigenvalue weighted by Crippen LogP contribution is 2.37. The van der Waals surface area contributed by atoms with Gasteiger partial charge in [-0.05, 0) is 32.8 Å². The second-order valence-corrected chi connectivity index (χ2v) is 7.34. The lowest BCUT2D eigenvalue weighted by Gasteiger charge is -2.36. The Morgan fingerprint density at radius 3 is 2.81 bits per heavy atom. The van der Waals surface area contributed by atoms with E-state index in [1.807, 2.05) is 13.8 Å². The summed E-state index contributed by atoms with van der Waals surface area (Å²) in [5, 5.41) is 3.79. The Labute approximate surface area is 156 Å². The Balaban J connectivity index is 2.15. The summed E-state index contributed by atoms with van der Waals surface area (Å²) in [4.78, 5) is 37.2. The third kappa shape index (κ3) is 3.25. The molecule has 0 saturated carbocycles. The van der Waals surface area contributed by atoms with Gasteiger partial charge < -0.3 is 15.0 Å². The fraction of sp³-hybridized carbons (Fsp3) is 0.556. The van der Waals surface area contributed by atoms with Crippen molar-refractivity contribution in [3.05, 3.63) is 16.3 Å². The number of nitrogens with zero attached hydrogens (tertiary/aromatic N) is 3. The lowest BCUT2D eigenvalue weighted by Crippen LogP contribution is -2.55. The first-order chi connectivity index (χ1) is 12.5. The average molecular weight is 376 g/mol. The molecule has 1 fully saturated rings. The number of fused-ring (bicyclic) bond motifs is 1. The molecule has 1 aliphatic rings. The molecule has 1 N–H and O–H groups in total. The Morgan fingerprint density at radius 2 is 2.12 bits per heavy atom. The van der Waals surface area contributed by atoms with Gasteiger partial charge in [-0.2, -0.15) is 0 Å². The second-order valence-electron chi connectivity index (χ2n) is 6.34. The van der Waals surface area contributed by atoms with E-state index in [0.717, 1.165) is 34.4 Å². The number of piperazine rings is 1. The van der Waals surface area contributed by atoms with E-state index >= 15 is 0 Å². The van der Waals surface area contributed by atoms with E-state index in [-0.39, 0.29) is 17.9 Å². The van der Waals surface area contributed by atoms with Crippen molar-refractivity contribution >= 4 is 39.2 Å². The first kappa shape index (κ1) is 18.6. The molecule has 140 valence electrons. The molecular weight excluding hydrogens is 352 g/mol. The van der Waals surface area contributed by atoms with Crippen molar-refractivity contribution in [3.8, 4) is 0 Å². The molecule has 0 aromatic carbocycles. The van der Waals surface area contributed by atoms with Crippen molar-refractivity contribution in [2.75, 3.05) is 24.6 Å². The first-order valence-electron chi connectivity index (χ1n) is 8.97. The fourth-order valence-electron chi connectivity index (χ4n) is 3.35. The number of nitrogens with one attached hydrogen (secondary N) is 1. The summed E-state index contributed by atoms with van der Waals surface area (Å²) in [7, 11) is 0. The van der Waals surface area contributed by atoms with Crippen LogP contribution in [-0.4, -0.2) is 47.6 Å². The highest BCUT2D eigenvalue weighted by molar-refractivity contribution is 7.20. The third-order valence-corrected chi connectivity index (χ3v) is 5.67. The van der Waals surface area contributed by atoms with E-state index in [1.165, 1.54) is 11.3 Å². The van der Waals surface area contributed by atoms with Gasteiger partial charge in [0.25, 0.3) is 0 Å². The van der Waals surface area contributed by atoms with Crippen LogP contribution in [0.2, 0.25) is 0 Å². The number of amides is 1. The number of ether oxygens (including phenoxy) is 1. The van der Waals surface area contributed by atoms with E-state index in [2.05, 4.69) is 27.1 Å². The number of hydrogen-bond donors (Lipinski definition) is 1. The number of esters is 1. The van der Waals surface area contributed by atoms with Crippen LogP contribution in [0.3, 0.4) is 0 Å². The number of rotatable bonds is 5. The molecule has 0 unspecified atom stereocenters. The van der Waals surface area contributed by atoms with Crippen LogP contribution in [0.1, 0.15) is 47.7 Å². The van der Waals surface area contributed by atoms with E-state index in [9.17, 15) is 9.59 Å². The predicted octanol–water partition coefficient (Wildman–Crippen LogP) is 2.59. The quantitative estimate of drug-likeness (QED) is 0.808. The van der Waals surface area contributed by atoms with E-state index in [0.29, 0.717) is 30.4 Å². The van der Waals surface area contributed by atoms with Crippen molar-refractivity contribution < 1.29 is 14.3 Å². The molecule has 7 nitrogen and oxygen atoms in total. The molecule has 3 heterocycles. The molecule has 0 bridgehead atoms. The van der Waals surface area contributed by atoms with Crippen LogP contribution in [0.15, 0.2) is 0 Å². The van der Waals surface area contributed by atoms with Gasteiger partial charge in [0.1, 0.15) is 27.4 Å². The van der Waals surface area contributed by atoms with Gasteiger partial charge in [-0.25, -0.2) is 14.8 Å². The smallest absolute Gasteiger partial charge is 0.348 e. The molecule has 1 amide bonds. The lowest BCUT2D eigenvalue weighted by atomic mass is 10.1. The summed E-state index contributed by atoms with van der Waals surface area (Å²) in [6.45, 7) is 9.18. The Kier molecular flexibility index (Phi) is 5.41. The molecule has 8 heteroatoms. The normalized spacial score (nSPS) is 17.5. The summed E-state index contributed by atoms with van der Waals surface area (Å²) in [5.41, 5.74) is 0.819. The number of hydrogen-bond acceptors (Lipinski definition) is 7. The van der Waals surface area contributed by atoms with Crippen molar-refractivity contribution in [3.63, 3.8) is 0 Å². The minimum Gasteiger partial charge on any atom is -0.462 e. The van der Waals surface area contributed by atoms with E-state index in [1.54, 1.807) is 6.92 Å². The average Bonchev–Trinajstić information content (AvgIpc) is 2.93. The number of carbonyl (C=O) groups is 2. The zero-order chi connectivity index (χ0) is 18.8. The van der Waals surface area contributed by atoms with Gasteiger partial charge in [0, 0.05) is 13.1 Å². The fourth-order valence-corrected chi connectivity index (χ4v) is 4.46. The Hall–Kier alpha value is -2.22. The molecule has 1 atom stereocenters. The summed E-state index contributed by atoms with van der Waals surface area (Å²) in [5.74, 6) is 1.06. The van der Waals surface area contributed by atoms with Crippen molar-refractivity contribution in [2.45, 2.75) is 46.6 Å². The van der Waals surface area contributed by atoms with Crippen LogP contribution in [0.25, 0.3) is 10.2 Å². The van der Waals surface area contributed by atoms with Crippen LogP contribution < -0.4 is 10.2 Å². The van der Waals surface area contributed by atoms with Gasteiger partial charge >= 0.3 is 5.97 Å². The van der Waals surface area contributed by atoms with Crippen molar-refractivity contribution in [2.24, 2.45) is 0 Å². The Morgan fingerprint density at radius 1 is 1.35 bits per heavy atom. The van der Waals surface area contributed by atoms with Gasteiger partial charge in [-0.3, -0.25) is 4.79 Å². The molecule has 0 radical (unpaired) electrons. The molecule has 2 aromatic heterocycles. The molecule has 2 aromatic rings. The van der Waals surface area contributed by atoms with Crippen LogP contribution in [0, 0.1) is 13.8 Å². The molecule has 1 aliphatic heterocycles. The number of carbonyl (C=O) groups excluding carboxylic acids is 2. The molecule has 1 saturated heterocycles. The largest absolute Gasteiger partial charge is 0.462 e. The van der Waals surface area contributed by atoms with Crippen LogP contribution in [-0.2, 0) is 9.53 Å². The summed E-state index contributed by atoms with van der Waals surface area (Å²) in [6, 6.07) is -0.253. The van der Waals surface area contributed by atoms with Gasteiger partial charge in [0.15, 0.2) is 0 Å². The highest BCUT2D eigenvalue weighted by Gasteiger charge is 2.32. The van der Waals surface area contributed by atoms with E-state index in [4.69, 9.17) is 4.74 Å². The van der Waals surface area contributed by atoms with E-state index < -0.39 is 0 Å². The minimum absolute atomic E-state index is 0.0287. The van der Waals surface area contributed by atoms with Crippen LogP contribution in [0.5, 0.6) is 0 Å². The topological polar surface area (TPSA) is 84.4 Å². The van der Waals surface area contributed by atoms with Gasteiger partial charge in [-0.1, -0.05) is 13.3 Å². The number of aryl methyl sites for hydroxylation is 2. The van der Waals surface area contributed by atoms with Crippen molar-refractivity contribution in [1.82, 2.24) is 15.3 Å². The van der Waals surface area contributed by atoms with Gasteiger partial charge in [-0.15, -0.1) is 11.3 Å². The highest BCUT2D eigenvalue weighted by atomic mass is 32.1. The Bertz CT molecular complexity index is 849. The minimum atomic E-state index is -0.335. The first-order valence-corrected chi connectivity index (χ1v) is 9.78. The van der Waals surface area contributed by atoms with Gasteiger partial charge in [0.2, 0.25) is 5.91 Å². The maximum atomic E-state index is 12.4. The summed E-state index contributed by atoms with van der Waals surface area (Å²) >= 11 is 1.33. The number of anilines is 1. The lowest BCUT2D eigenvalue weighted by molar-refractivity contribution is -0.123. The maximum Gasteiger partial charge on any atom is 0.348 e. The second kappa shape index (κ2) is 7.57. The van der Waals surface area contributed by atoms with Gasteiger partial charge in [0.05, 0.1) is 12.0 Å². The monoisotopic (exact) mass is 376 g/mol. The molecule has 3 rings (SSSR count). The zero-order valence-corrected chi connectivity index (χ0v) is 16.4. The number of thiophene rings is 1. The standard InChI is InChI=1S/C18H24N4O3S/c1-5-7-12-16(23)19-8-9-22(12)15-13-10(3)14(18(24)25-6-2)26-17(13)21-11(4)20-15/h12H,5-9H2,1-4H3,(H,19,23)/t12-/m1/s1. The SMILES string of the molecule is CCC[C@@H]1C(=O)NCCN1c1nc(C)nc2sc(C(=O)OCC)c(C)c12. The third-order valence-electron chi connectivity index (χ3n) is 4.51. The van der Waals surface area contributed by atoms with Crippen LogP contribution >= 0.6 is 11.3 Å².